The average Bonchev–Trinajstić information content (AvgIpc) is 3.24. The monoisotopic (exact) mass is 519 g/mol. The molecule has 0 bridgehead atoms. The number of piperidine rings is 1. The van der Waals surface area contributed by atoms with Crippen molar-refractivity contribution >= 4 is 17.9 Å². The summed E-state index contributed by atoms with van der Waals surface area (Å²) >= 11 is 0. The van der Waals surface area contributed by atoms with Gasteiger partial charge in [0.25, 0.3) is 0 Å². The van der Waals surface area contributed by atoms with E-state index in [2.05, 4.69) is 61.1 Å². The standard InChI is InChI=1S/C20H29N3O.C6H8O7/c1-19(2)11-18(12-20(3,4)22-19)23(14-17-7-10-24-15-17)13-16-5-8-21-9-6-16;7-3(8)1-6(13,5(11)12)2-4(9)10/h5-10,15,18,22H,11-14H2,1-4H3;13H,1-2H2,(H,7,8)(H,9,10)(H,11,12). The van der Waals surface area contributed by atoms with Crippen molar-refractivity contribution in [3.8, 4) is 0 Å². The van der Waals surface area contributed by atoms with Crippen molar-refractivity contribution in [1.82, 2.24) is 15.2 Å². The summed E-state index contributed by atoms with van der Waals surface area (Å²) < 4.78 is 5.29. The van der Waals surface area contributed by atoms with Crippen molar-refractivity contribution in [2.24, 2.45) is 0 Å². The maximum absolute atomic E-state index is 10.3. The van der Waals surface area contributed by atoms with Crippen LogP contribution in [0.15, 0.2) is 47.5 Å². The summed E-state index contributed by atoms with van der Waals surface area (Å²) in [4.78, 5) is 37.2. The van der Waals surface area contributed by atoms with E-state index >= 15 is 0 Å². The van der Waals surface area contributed by atoms with E-state index < -0.39 is 36.4 Å². The van der Waals surface area contributed by atoms with Crippen LogP contribution in [0.1, 0.15) is 64.5 Å². The van der Waals surface area contributed by atoms with Crippen molar-refractivity contribution in [3.63, 3.8) is 0 Å². The third-order valence-electron chi connectivity index (χ3n) is 6.07. The first-order valence-electron chi connectivity index (χ1n) is 11.9. The summed E-state index contributed by atoms with van der Waals surface area (Å²) in [6.45, 7) is 11.1. The molecule has 2 aromatic rings. The molecule has 0 spiro atoms. The summed E-state index contributed by atoms with van der Waals surface area (Å²) in [7, 11) is 0. The number of carboxylic acid groups (broad SMARTS) is 3. The largest absolute Gasteiger partial charge is 0.481 e. The van der Waals surface area contributed by atoms with Gasteiger partial charge >= 0.3 is 17.9 Å². The third-order valence-corrected chi connectivity index (χ3v) is 6.07. The molecular weight excluding hydrogens is 482 g/mol. The lowest BCUT2D eigenvalue weighted by atomic mass is 9.79. The first-order chi connectivity index (χ1) is 17.1. The van der Waals surface area contributed by atoms with Crippen LogP contribution in [0.2, 0.25) is 0 Å². The van der Waals surface area contributed by atoms with Gasteiger partial charge in [-0.1, -0.05) is 0 Å². The Labute approximate surface area is 216 Å². The molecule has 11 heteroatoms. The number of rotatable bonds is 10. The number of nitrogens with zero attached hydrogens (tertiary/aromatic N) is 2. The molecule has 0 aliphatic carbocycles. The zero-order valence-corrected chi connectivity index (χ0v) is 21.7. The van der Waals surface area contributed by atoms with Crippen LogP contribution in [-0.4, -0.2) is 70.9 Å². The van der Waals surface area contributed by atoms with Gasteiger partial charge in [-0.3, -0.25) is 19.5 Å². The van der Waals surface area contributed by atoms with Gasteiger partial charge in [-0.2, -0.15) is 0 Å². The summed E-state index contributed by atoms with van der Waals surface area (Å²) in [6, 6.07) is 6.82. The number of carboxylic acids is 3. The van der Waals surface area contributed by atoms with Crippen LogP contribution in [-0.2, 0) is 27.5 Å². The smallest absolute Gasteiger partial charge is 0.336 e. The Bertz CT molecular complexity index is 1010. The van der Waals surface area contributed by atoms with Gasteiger partial charge in [0, 0.05) is 48.2 Å². The van der Waals surface area contributed by atoms with Gasteiger partial charge in [-0.15, -0.1) is 0 Å². The van der Waals surface area contributed by atoms with E-state index in [-0.39, 0.29) is 11.1 Å². The number of aliphatic hydroxyl groups is 1. The second kappa shape index (κ2) is 12.3. The molecule has 0 atom stereocenters. The Morgan fingerprint density at radius 3 is 1.92 bits per heavy atom. The summed E-state index contributed by atoms with van der Waals surface area (Å²) in [5, 5.41) is 37.6. The van der Waals surface area contributed by atoms with Gasteiger partial charge in [-0.25, -0.2) is 4.79 Å². The lowest BCUT2D eigenvalue weighted by Crippen LogP contribution is -2.62. The number of aromatic nitrogens is 1. The highest BCUT2D eigenvalue weighted by atomic mass is 16.4. The zero-order chi connectivity index (χ0) is 27.9. The second-order valence-corrected chi connectivity index (χ2v) is 10.8. The van der Waals surface area contributed by atoms with E-state index in [1.165, 1.54) is 11.1 Å². The number of aliphatic carboxylic acids is 3. The van der Waals surface area contributed by atoms with E-state index in [4.69, 9.17) is 24.8 Å². The number of furan rings is 1. The summed E-state index contributed by atoms with van der Waals surface area (Å²) in [6.07, 6.45) is 7.36. The van der Waals surface area contributed by atoms with Gasteiger partial charge in [0.05, 0.1) is 25.4 Å². The van der Waals surface area contributed by atoms with Crippen molar-refractivity contribution < 1.29 is 39.2 Å². The molecule has 0 saturated carbocycles. The minimum absolute atomic E-state index is 0.138. The maximum Gasteiger partial charge on any atom is 0.336 e. The van der Waals surface area contributed by atoms with E-state index in [9.17, 15) is 14.4 Å². The molecule has 1 aliphatic heterocycles. The predicted octanol–water partition coefficient (Wildman–Crippen LogP) is 2.74. The highest BCUT2D eigenvalue weighted by Crippen LogP contribution is 2.33. The van der Waals surface area contributed by atoms with Crippen LogP contribution in [0.4, 0.5) is 0 Å². The van der Waals surface area contributed by atoms with Crippen LogP contribution in [0.5, 0.6) is 0 Å². The van der Waals surface area contributed by atoms with Gasteiger partial charge in [0.1, 0.15) is 0 Å². The summed E-state index contributed by atoms with van der Waals surface area (Å²) in [5.74, 6) is -5.02. The molecule has 0 amide bonds. The molecule has 0 unspecified atom stereocenters. The Morgan fingerprint density at radius 2 is 1.49 bits per heavy atom. The quantitative estimate of drug-likeness (QED) is 0.312. The molecule has 37 heavy (non-hydrogen) atoms. The van der Waals surface area contributed by atoms with Gasteiger partial charge in [0.15, 0.2) is 5.60 Å². The third kappa shape index (κ3) is 9.95. The summed E-state index contributed by atoms with van der Waals surface area (Å²) in [5.41, 5.74) is 0.0804. The highest BCUT2D eigenvalue weighted by Gasteiger charge is 2.41. The lowest BCUT2D eigenvalue weighted by molar-refractivity contribution is -0.170. The fraction of sp³-hybridized carbons (Fsp3) is 0.538. The van der Waals surface area contributed by atoms with Crippen molar-refractivity contribution in [2.75, 3.05) is 0 Å². The van der Waals surface area contributed by atoms with Crippen LogP contribution >= 0.6 is 0 Å². The molecule has 3 rings (SSSR count). The Hall–Kier alpha value is -3.28. The number of nitrogens with one attached hydrogen (secondary N) is 1. The molecular formula is C26H37N3O8. The molecule has 1 saturated heterocycles. The van der Waals surface area contributed by atoms with Crippen LogP contribution in [0.3, 0.4) is 0 Å². The Morgan fingerprint density at radius 1 is 0.973 bits per heavy atom. The van der Waals surface area contributed by atoms with Crippen molar-refractivity contribution in [2.45, 2.75) is 89.2 Å². The topological polar surface area (TPSA) is 173 Å². The van der Waals surface area contributed by atoms with Gasteiger partial charge in [0.2, 0.25) is 0 Å². The van der Waals surface area contributed by atoms with Crippen LogP contribution in [0, 0.1) is 0 Å². The fourth-order valence-corrected chi connectivity index (χ4v) is 4.89. The molecule has 0 radical (unpaired) electrons. The molecule has 1 aliphatic rings. The second-order valence-electron chi connectivity index (χ2n) is 10.8. The minimum atomic E-state index is -2.74. The highest BCUT2D eigenvalue weighted by molar-refractivity contribution is 5.88. The molecule has 0 aromatic carbocycles. The Kier molecular flexibility index (Phi) is 9.96. The maximum atomic E-state index is 10.3. The molecule has 5 N–H and O–H groups in total. The van der Waals surface area contributed by atoms with Gasteiger partial charge in [-0.05, 0) is 64.3 Å². The first-order valence-corrected chi connectivity index (χ1v) is 11.9. The zero-order valence-electron chi connectivity index (χ0n) is 21.7. The van der Waals surface area contributed by atoms with E-state index in [0.717, 1.165) is 25.9 Å². The number of carbonyl (C=O) groups is 3. The van der Waals surface area contributed by atoms with E-state index in [1.807, 2.05) is 18.7 Å². The van der Waals surface area contributed by atoms with Gasteiger partial charge < -0.3 is 30.2 Å². The molecule has 3 heterocycles. The molecule has 204 valence electrons. The SMILES string of the molecule is CC1(C)CC(N(Cc2ccncc2)Cc2ccoc2)CC(C)(C)N1.O=C(O)CC(O)(CC(=O)O)C(=O)O. The average molecular weight is 520 g/mol. The van der Waals surface area contributed by atoms with Crippen molar-refractivity contribution in [3.05, 3.63) is 54.2 Å². The molecule has 2 aromatic heterocycles. The number of hydrogen-bond donors (Lipinski definition) is 5. The van der Waals surface area contributed by atoms with Crippen LogP contribution in [0.25, 0.3) is 0 Å². The fourth-order valence-electron chi connectivity index (χ4n) is 4.89. The normalized spacial score (nSPS) is 17.0. The number of pyridine rings is 1. The van der Waals surface area contributed by atoms with E-state index in [0.29, 0.717) is 6.04 Å². The lowest BCUT2D eigenvalue weighted by Gasteiger charge is -2.49. The first kappa shape index (κ1) is 29.9. The minimum Gasteiger partial charge on any atom is -0.481 e. The van der Waals surface area contributed by atoms with Crippen molar-refractivity contribution in [1.29, 1.82) is 0 Å². The molecule has 1 fully saturated rings. The Balaban J connectivity index is 0.000000317. The van der Waals surface area contributed by atoms with Crippen LogP contribution < -0.4 is 5.32 Å². The molecule has 11 nitrogen and oxygen atoms in total. The van der Waals surface area contributed by atoms with E-state index in [1.54, 1.807) is 6.26 Å². The number of hydrogen-bond acceptors (Lipinski definition) is 8. The predicted molar refractivity (Wildman–Crippen MR) is 134 cm³/mol.